The summed E-state index contributed by atoms with van der Waals surface area (Å²) in [6.45, 7) is 0. The third-order valence-electron chi connectivity index (χ3n) is 6.14. The molecule has 0 aromatic heterocycles. The summed E-state index contributed by atoms with van der Waals surface area (Å²) in [6.07, 6.45) is 0.292. The van der Waals surface area contributed by atoms with Crippen LogP contribution < -0.4 is 5.32 Å². The zero-order valence-electron chi connectivity index (χ0n) is 18.8. The number of aliphatic carboxylic acids is 1. The van der Waals surface area contributed by atoms with Crippen molar-refractivity contribution in [2.24, 2.45) is 0 Å². The Kier molecular flexibility index (Phi) is 7.19. The molecule has 0 saturated heterocycles. The summed E-state index contributed by atoms with van der Waals surface area (Å²) in [4.78, 5) is 25.5. The van der Waals surface area contributed by atoms with E-state index in [1.807, 2.05) is 121 Å². The minimum absolute atomic E-state index is 0.0730. The Morgan fingerprint density at radius 1 is 0.647 bits per heavy atom. The molecule has 2 N–H and O–H groups in total. The van der Waals surface area contributed by atoms with E-state index in [1.54, 1.807) is 0 Å². The number of carboxylic acid groups (broad SMARTS) is 1. The lowest BCUT2D eigenvalue weighted by atomic mass is 9.67. The second-order valence-electron chi connectivity index (χ2n) is 8.33. The van der Waals surface area contributed by atoms with Gasteiger partial charge in [0.2, 0.25) is 5.91 Å². The second kappa shape index (κ2) is 10.6. The van der Waals surface area contributed by atoms with Gasteiger partial charge in [-0.05, 0) is 22.3 Å². The highest BCUT2D eigenvalue weighted by atomic mass is 16.4. The zero-order chi connectivity index (χ0) is 23.8. The molecule has 0 radical (unpaired) electrons. The van der Waals surface area contributed by atoms with Crippen molar-refractivity contribution in [3.05, 3.63) is 144 Å². The Balaban J connectivity index is 1.74. The van der Waals surface area contributed by atoms with Crippen molar-refractivity contribution in [3.8, 4) is 0 Å². The molecule has 0 spiro atoms. The number of nitrogens with one attached hydrogen (secondary N) is 1. The summed E-state index contributed by atoms with van der Waals surface area (Å²) in [5.41, 5.74) is 2.99. The first-order chi connectivity index (χ1) is 16.6. The molecule has 4 rings (SSSR count). The van der Waals surface area contributed by atoms with Crippen molar-refractivity contribution < 1.29 is 14.7 Å². The number of hydrogen-bond acceptors (Lipinski definition) is 2. The lowest BCUT2D eigenvalue weighted by Crippen LogP contribution is -2.45. The third kappa shape index (κ3) is 5.07. The molecule has 170 valence electrons. The maximum Gasteiger partial charge on any atom is 0.326 e. The Labute approximate surface area is 199 Å². The van der Waals surface area contributed by atoms with Gasteiger partial charge in [-0.1, -0.05) is 121 Å². The second-order valence-corrected chi connectivity index (χ2v) is 8.33. The van der Waals surface area contributed by atoms with Crippen LogP contribution in [0.3, 0.4) is 0 Å². The molecule has 4 heteroatoms. The summed E-state index contributed by atoms with van der Waals surface area (Å²) in [7, 11) is 0. The Bertz CT molecular complexity index is 1110. The van der Waals surface area contributed by atoms with Gasteiger partial charge in [0, 0.05) is 12.8 Å². The maximum atomic E-state index is 13.5. The maximum absolute atomic E-state index is 13.5. The lowest BCUT2D eigenvalue weighted by Gasteiger charge is -2.36. The van der Waals surface area contributed by atoms with Gasteiger partial charge in [0.15, 0.2) is 0 Å². The smallest absolute Gasteiger partial charge is 0.326 e. The van der Waals surface area contributed by atoms with E-state index in [2.05, 4.69) is 5.32 Å². The van der Waals surface area contributed by atoms with Gasteiger partial charge >= 0.3 is 5.97 Å². The zero-order valence-corrected chi connectivity index (χ0v) is 18.8. The number of rotatable bonds is 9. The van der Waals surface area contributed by atoms with Gasteiger partial charge < -0.3 is 10.4 Å². The summed E-state index contributed by atoms with van der Waals surface area (Å²) >= 11 is 0. The van der Waals surface area contributed by atoms with Crippen LogP contribution in [0.1, 0.15) is 28.7 Å². The first-order valence-electron chi connectivity index (χ1n) is 11.3. The molecule has 0 aliphatic carbocycles. The molecule has 0 heterocycles. The van der Waals surface area contributed by atoms with Crippen LogP contribution in [0.2, 0.25) is 0 Å². The predicted octanol–water partition coefficient (Wildman–Crippen LogP) is 5.22. The van der Waals surface area contributed by atoms with E-state index >= 15 is 0 Å². The number of carbonyl (C=O) groups is 2. The van der Waals surface area contributed by atoms with Gasteiger partial charge in [0.1, 0.15) is 6.04 Å². The quantitative estimate of drug-likeness (QED) is 0.344. The lowest BCUT2D eigenvalue weighted by molar-refractivity contribution is -0.141. The average Bonchev–Trinajstić information content (AvgIpc) is 2.89. The van der Waals surface area contributed by atoms with E-state index < -0.39 is 17.4 Å². The first-order valence-corrected chi connectivity index (χ1v) is 11.3. The van der Waals surface area contributed by atoms with Crippen LogP contribution in [0.4, 0.5) is 0 Å². The standard InChI is InChI=1S/C30H27NO3/c32-28(31-27(29(33)34)21-23-13-5-1-6-14-23)22-30(24-15-7-2-8-16-24,25-17-9-3-10-18-25)26-19-11-4-12-20-26/h1-20,27H,21-22H2,(H,31,32)(H,33,34)/t27-/m1/s1. The molecule has 4 nitrogen and oxygen atoms in total. The van der Waals surface area contributed by atoms with Crippen molar-refractivity contribution in [2.45, 2.75) is 24.3 Å². The Morgan fingerprint density at radius 3 is 1.41 bits per heavy atom. The highest BCUT2D eigenvalue weighted by Crippen LogP contribution is 2.42. The minimum Gasteiger partial charge on any atom is -0.480 e. The van der Waals surface area contributed by atoms with Crippen molar-refractivity contribution in [3.63, 3.8) is 0 Å². The van der Waals surface area contributed by atoms with E-state index in [0.29, 0.717) is 0 Å². The fourth-order valence-electron chi connectivity index (χ4n) is 4.51. The molecule has 1 amide bonds. The monoisotopic (exact) mass is 449 g/mol. The summed E-state index contributed by atoms with van der Waals surface area (Å²) < 4.78 is 0. The van der Waals surface area contributed by atoms with Gasteiger partial charge in [-0.15, -0.1) is 0 Å². The molecule has 4 aromatic rings. The fourth-order valence-corrected chi connectivity index (χ4v) is 4.51. The Hall–Kier alpha value is -4.18. The molecule has 34 heavy (non-hydrogen) atoms. The van der Waals surface area contributed by atoms with E-state index in [1.165, 1.54) is 0 Å². The predicted molar refractivity (Wildman–Crippen MR) is 134 cm³/mol. The topological polar surface area (TPSA) is 66.4 Å². The van der Waals surface area contributed by atoms with Crippen LogP contribution in [0, 0.1) is 0 Å². The van der Waals surface area contributed by atoms with E-state index in [-0.39, 0.29) is 18.7 Å². The van der Waals surface area contributed by atoms with Crippen LogP contribution in [-0.4, -0.2) is 23.0 Å². The van der Waals surface area contributed by atoms with Gasteiger partial charge in [0.25, 0.3) is 0 Å². The molecule has 4 aromatic carbocycles. The molecule has 1 atom stereocenters. The highest BCUT2D eigenvalue weighted by molar-refractivity contribution is 5.85. The normalized spacial score (nSPS) is 12.0. The largest absolute Gasteiger partial charge is 0.480 e. The van der Waals surface area contributed by atoms with Crippen molar-refractivity contribution >= 4 is 11.9 Å². The van der Waals surface area contributed by atoms with Crippen LogP contribution in [-0.2, 0) is 21.4 Å². The molecule has 0 fully saturated rings. The third-order valence-corrected chi connectivity index (χ3v) is 6.14. The summed E-state index contributed by atoms with van der Waals surface area (Å²) in [5.74, 6) is -1.37. The van der Waals surface area contributed by atoms with E-state index in [9.17, 15) is 14.7 Å². The molecule has 0 saturated carbocycles. The van der Waals surface area contributed by atoms with Gasteiger partial charge in [-0.25, -0.2) is 4.79 Å². The van der Waals surface area contributed by atoms with E-state index in [0.717, 1.165) is 22.3 Å². The van der Waals surface area contributed by atoms with Crippen molar-refractivity contribution in [1.82, 2.24) is 5.32 Å². The number of hydrogen-bond donors (Lipinski definition) is 2. The fraction of sp³-hybridized carbons (Fsp3) is 0.133. The highest BCUT2D eigenvalue weighted by Gasteiger charge is 2.39. The van der Waals surface area contributed by atoms with Gasteiger partial charge in [-0.2, -0.15) is 0 Å². The van der Waals surface area contributed by atoms with Crippen LogP contribution >= 0.6 is 0 Å². The van der Waals surface area contributed by atoms with Crippen LogP contribution in [0.25, 0.3) is 0 Å². The van der Waals surface area contributed by atoms with Crippen molar-refractivity contribution in [1.29, 1.82) is 0 Å². The summed E-state index contributed by atoms with van der Waals surface area (Å²) in [6, 6.07) is 38.1. The van der Waals surface area contributed by atoms with Gasteiger partial charge in [0.05, 0.1) is 5.41 Å². The molecule has 0 bridgehead atoms. The van der Waals surface area contributed by atoms with E-state index in [4.69, 9.17) is 0 Å². The Morgan fingerprint density at radius 2 is 1.03 bits per heavy atom. The number of amides is 1. The van der Waals surface area contributed by atoms with Gasteiger partial charge in [-0.3, -0.25) is 4.79 Å². The van der Waals surface area contributed by atoms with Crippen molar-refractivity contribution in [2.75, 3.05) is 0 Å². The molecular weight excluding hydrogens is 422 g/mol. The minimum atomic E-state index is -1.05. The molecule has 0 aliphatic rings. The molecule has 0 aliphatic heterocycles. The number of carbonyl (C=O) groups excluding carboxylic acids is 1. The van der Waals surface area contributed by atoms with Crippen LogP contribution in [0.5, 0.6) is 0 Å². The average molecular weight is 450 g/mol. The first kappa shape index (κ1) is 23.0. The number of benzene rings is 4. The molecule has 0 unspecified atom stereocenters. The van der Waals surface area contributed by atoms with Crippen LogP contribution in [0.15, 0.2) is 121 Å². The number of carboxylic acids is 1. The molecular formula is C30H27NO3. The summed E-state index contributed by atoms with van der Waals surface area (Å²) in [5, 5.41) is 12.6. The SMILES string of the molecule is O=C(CC(c1ccccc1)(c1ccccc1)c1ccccc1)N[C@H](Cc1ccccc1)C(=O)O.